The first-order valence-electron chi connectivity index (χ1n) is 6.73. The maximum atomic E-state index is 6.18. The Labute approximate surface area is 130 Å². The van der Waals surface area contributed by atoms with E-state index in [4.69, 9.17) is 22.1 Å². The van der Waals surface area contributed by atoms with Gasteiger partial charge >= 0.3 is 0 Å². The van der Waals surface area contributed by atoms with E-state index in [0.717, 1.165) is 11.3 Å². The van der Waals surface area contributed by atoms with Crippen LogP contribution in [0.1, 0.15) is 26.3 Å². The third-order valence-corrected chi connectivity index (χ3v) is 3.01. The van der Waals surface area contributed by atoms with Crippen LogP contribution in [0.15, 0.2) is 30.3 Å². The molecule has 0 aliphatic carbocycles. The summed E-state index contributed by atoms with van der Waals surface area (Å²) in [5.41, 5.74) is 7.96. The fraction of sp³-hybridized carbons (Fsp3) is 0.312. The lowest BCUT2D eigenvalue weighted by Gasteiger charge is -2.21. The summed E-state index contributed by atoms with van der Waals surface area (Å²) < 4.78 is 5.76. The standard InChI is InChI=1S/C16H20ClN3O/c1-10-5-6-11(17)13(9-10)19-14-8-7-12(18)15(20-14)21-16(2,3)4/h5-9H,18H2,1-4H3,(H,19,20). The molecule has 0 spiro atoms. The number of halogens is 1. The van der Waals surface area contributed by atoms with Crippen molar-refractivity contribution in [3.63, 3.8) is 0 Å². The lowest BCUT2D eigenvalue weighted by molar-refractivity contribution is 0.125. The smallest absolute Gasteiger partial charge is 0.239 e. The quantitative estimate of drug-likeness (QED) is 0.873. The largest absolute Gasteiger partial charge is 0.470 e. The third-order valence-electron chi connectivity index (χ3n) is 2.68. The zero-order valence-electron chi connectivity index (χ0n) is 12.7. The van der Waals surface area contributed by atoms with Gasteiger partial charge in [0.2, 0.25) is 5.88 Å². The van der Waals surface area contributed by atoms with Gasteiger partial charge in [0, 0.05) is 0 Å². The van der Waals surface area contributed by atoms with E-state index in [1.54, 1.807) is 12.1 Å². The molecule has 2 aromatic rings. The summed E-state index contributed by atoms with van der Waals surface area (Å²) in [5, 5.41) is 3.82. The lowest BCUT2D eigenvalue weighted by atomic mass is 10.2. The van der Waals surface area contributed by atoms with Crippen LogP contribution in [0, 0.1) is 6.92 Å². The van der Waals surface area contributed by atoms with Crippen LogP contribution >= 0.6 is 11.6 Å². The van der Waals surface area contributed by atoms with Gasteiger partial charge in [0.05, 0.1) is 16.4 Å². The Hall–Kier alpha value is -1.94. The summed E-state index contributed by atoms with van der Waals surface area (Å²) in [6.45, 7) is 7.86. The fourth-order valence-corrected chi connectivity index (χ4v) is 1.93. The molecule has 2 rings (SSSR count). The van der Waals surface area contributed by atoms with Crippen LogP contribution in [0.3, 0.4) is 0 Å². The van der Waals surface area contributed by atoms with Gasteiger partial charge in [0.25, 0.3) is 0 Å². The number of pyridine rings is 1. The zero-order chi connectivity index (χ0) is 15.6. The van der Waals surface area contributed by atoms with Crippen LogP contribution < -0.4 is 15.8 Å². The van der Waals surface area contributed by atoms with Crippen molar-refractivity contribution in [2.45, 2.75) is 33.3 Å². The molecule has 5 heteroatoms. The minimum Gasteiger partial charge on any atom is -0.470 e. The van der Waals surface area contributed by atoms with E-state index in [0.29, 0.717) is 22.4 Å². The molecule has 1 aromatic heterocycles. The number of nitrogens with zero attached hydrogens (tertiary/aromatic N) is 1. The van der Waals surface area contributed by atoms with Gasteiger partial charge in [0.1, 0.15) is 11.4 Å². The molecule has 0 unspecified atom stereocenters. The molecule has 1 heterocycles. The van der Waals surface area contributed by atoms with Gasteiger partial charge in [-0.3, -0.25) is 0 Å². The first-order valence-corrected chi connectivity index (χ1v) is 7.11. The zero-order valence-corrected chi connectivity index (χ0v) is 13.5. The van der Waals surface area contributed by atoms with E-state index in [1.807, 2.05) is 45.9 Å². The van der Waals surface area contributed by atoms with Crippen molar-refractivity contribution in [2.75, 3.05) is 11.1 Å². The minimum absolute atomic E-state index is 0.360. The van der Waals surface area contributed by atoms with E-state index in [9.17, 15) is 0 Å². The molecular weight excluding hydrogens is 286 g/mol. The molecule has 4 nitrogen and oxygen atoms in total. The topological polar surface area (TPSA) is 60.2 Å². The average Bonchev–Trinajstić information content (AvgIpc) is 2.36. The second kappa shape index (κ2) is 5.82. The Kier molecular flexibility index (Phi) is 4.28. The summed E-state index contributed by atoms with van der Waals surface area (Å²) in [6.07, 6.45) is 0. The molecule has 0 amide bonds. The molecule has 21 heavy (non-hydrogen) atoms. The fourth-order valence-electron chi connectivity index (χ4n) is 1.77. The van der Waals surface area contributed by atoms with Crippen molar-refractivity contribution in [1.29, 1.82) is 0 Å². The van der Waals surface area contributed by atoms with Gasteiger partial charge < -0.3 is 15.8 Å². The van der Waals surface area contributed by atoms with Gasteiger partial charge in [-0.05, 0) is 57.5 Å². The number of aromatic nitrogens is 1. The van der Waals surface area contributed by atoms with Crippen molar-refractivity contribution in [1.82, 2.24) is 4.98 Å². The second-order valence-corrected chi connectivity index (χ2v) is 6.32. The number of nitrogens with one attached hydrogen (secondary N) is 1. The molecule has 112 valence electrons. The van der Waals surface area contributed by atoms with E-state index >= 15 is 0 Å². The molecular formula is C16H20ClN3O. The van der Waals surface area contributed by atoms with E-state index < -0.39 is 0 Å². The summed E-state index contributed by atoms with van der Waals surface area (Å²) in [4.78, 5) is 4.41. The molecule has 1 aromatic carbocycles. The van der Waals surface area contributed by atoms with Crippen LogP contribution in [0.25, 0.3) is 0 Å². The number of nitrogens with two attached hydrogens (primary N) is 1. The van der Waals surface area contributed by atoms with Crippen molar-refractivity contribution in [2.24, 2.45) is 0 Å². The molecule has 0 bridgehead atoms. The number of aryl methyl sites for hydroxylation is 1. The molecule has 0 aliphatic heterocycles. The number of anilines is 3. The number of hydrogen-bond acceptors (Lipinski definition) is 4. The Morgan fingerprint density at radius 2 is 1.90 bits per heavy atom. The predicted octanol–water partition coefficient (Wildman–Crippen LogP) is 4.55. The summed E-state index contributed by atoms with van der Waals surface area (Å²) >= 11 is 6.18. The highest BCUT2D eigenvalue weighted by Gasteiger charge is 2.15. The predicted molar refractivity (Wildman–Crippen MR) is 88.5 cm³/mol. The average molecular weight is 306 g/mol. The normalized spacial score (nSPS) is 11.3. The van der Waals surface area contributed by atoms with Gasteiger partial charge in [-0.1, -0.05) is 17.7 Å². The minimum atomic E-state index is -0.360. The van der Waals surface area contributed by atoms with Crippen LogP contribution in [-0.2, 0) is 0 Å². The Morgan fingerprint density at radius 3 is 2.57 bits per heavy atom. The first kappa shape index (κ1) is 15.4. The number of hydrogen-bond donors (Lipinski definition) is 2. The van der Waals surface area contributed by atoms with Crippen molar-refractivity contribution in [3.8, 4) is 5.88 Å². The van der Waals surface area contributed by atoms with Gasteiger partial charge in [-0.25, -0.2) is 0 Å². The van der Waals surface area contributed by atoms with E-state index in [2.05, 4.69) is 10.3 Å². The SMILES string of the molecule is Cc1ccc(Cl)c(Nc2ccc(N)c(OC(C)(C)C)n2)c1. The Bertz CT molecular complexity index is 650. The van der Waals surface area contributed by atoms with Crippen LogP contribution in [0.2, 0.25) is 5.02 Å². The summed E-state index contributed by atoms with van der Waals surface area (Å²) in [5.74, 6) is 1.05. The van der Waals surface area contributed by atoms with Gasteiger partial charge in [-0.15, -0.1) is 0 Å². The lowest BCUT2D eigenvalue weighted by Crippen LogP contribution is -2.24. The van der Waals surface area contributed by atoms with Crippen LogP contribution in [-0.4, -0.2) is 10.6 Å². The molecule has 0 atom stereocenters. The highest BCUT2D eigenvalue weighted by molar-refractivity contribution is 6.33. The first-order chi connectivity index (χ1) is 9.74. The number of nitrogen functional groups attached to an aromatic ring is 1. The van der Waals surface area contributed by atoms with Gasteiger partial charge in [0.15, 0.2) is 0 Å². The summed E-state index contributed by atoms with van der Waals surface area (Å²) in [6, 6.07) is 9.33. The highest BCUT2D eigenvalue weighted by Crippen LogP contribution is 2.29. The monoisotopic (exact) mass is 305 g/mol. The molecule has 0 aliphatic rings. The molecule has 0 saturated carbocycles. The molecule has 0 saturated heterocycles. The Balaban J connectivity index is 2.29. The second-order valence-electron chi connectivity index (χ2n) is 5.91. The van der Waals surface area contributed by atoms with Crippen molar-refractivity contribution in [3.05, 3.63) is 40.9 Å². The van der Waals surface area contributed by atoms with E-state index in [-0.39, 0.29) is 5.60 Å². The van der Waals surface area contributed by atoms with Crippen LogP contribution in [0.5, 0.6) is 5.88 Å². The van der Waals surface area contributed by atoms with Gasteiger partial charge in [-0.2, -0.15) is 4.98 Å². The number of rotatable bonds is 3. The third kappa shape index (κ3) is 4.26. The van der Waals surface area contributed by atoms with Crippen molar-refractivity contribution >= 4 is 28.8 Å². The van der Waals surface area contributed by atoms with Crippen molar-refractivity contribution < 1.29 is 4.74 Å². The number of ether oxygens (including phenoxy) is 1. The Morgan fingerprint density at radius 1 is 1.19 bits per heavy atom. The van der Waals surface area contributed by atoms with Crippen LogP contribution in [0.4, 0.5) is 17.2 Å². The molecule has 0 radical (unpaired) electrons. The maximum Gasteiger partial charge on any atom is 0.239 e. The maximum absolute atomic E-state index is 6.18. The molecule has 3 N–H and O–H groups in total. The molecule has 0 fully saturated rings. The highest BCUT2D eigenvalue weighted by atomic mass is 35.5. The van der Waals surface area contributed by atoms with E-state index in [1.165, 1.54) is 0 Å². The number of benzene rings is 1. The summed E-state index contributed by atoms with van der Waals surface area (Å²) in [7, 11) is 0.